The average Bonchev–Trinajstić information content (AvgIpc) is 3.25. The minimum absolute atomic E-state index is 0. The van der Waals surface area contributed by atoms with Gasteiger partial charge >= 0.3 is 21.1 Å². The summed E-state index contributed by atoms with van der Waals surface area (Å²) in [6, 6.07) is 16.5. The van der Waals surface area contributed by atoms with E-state index in [1.807, 2.05) is 44.2 Å². The summed E-state index contributed by atoms with van der Waals surface area (Å²) < 4.78 is 27.3. The van der Waals surface area contributed by atoms with Crippen LogP contribution in [0.3, 0.4) is 0 Å². The van der Waals surface area contributed by atoms with Crippen LogP contribution in [0, 0.1) is 18.0 Å². The van der Waals surface area contributed by atoms with Crippen LogP contribution in [-0.4, -0.2) is 20.1 Å². The Balaban J connectivity index is 0.00000306. The van der Waals surface area contributed by atoms with Gasteiger partial charge in [-0.25, -0.2) is 8.78 Å². The summed E-state index contributed by atoms with van der Waals surface area (Å²) in [5.41, 5.74) is 3.44. The maximum atomic E-state index is 14.2. The maximum absolute atomic E-state index is 14.2. The molecule has 5 nitrogen and oxygen atoms in total. The normalized spacial score (nSPS) is 11.8. The molecule has 0 saturated heterocycles. The van der Waals surface area contributed by atoms with Crippen LogP contribution in [0.1, 0.15) is 51.7 Å². The van der Waals surface area contributed by atoms with Crippen LogP contribution in [0.2, 0.25) is 0 Å². The van der Waals surface area contributed by atoms with Crippen molar-refractivity contribution in [2.24, 2.45) is 0 Å². The van der Waals surface area contributed by atoms with Gasteiger partial charge in [0, 0.05) is 27.9 Å². The van der Waals surface area contributed by atoms with Crippen molar-refractivity contribution >= 4 is 0 Å². The van der Waals surface area contributed by atoms with E-state index >= 15 is 0 Å². The molecule has 8 heteroatoms. The number of hydrogen-bond donors (Lipinski definition) is 0. The van der Waals surface area contributed by atoms with Crippen LogP contribution in [0.4, 0.5) is 8.78 Å². The standard InChI is InChI=1S/C25H23F2N5.Pt/c1-24(2,3)21-14-18(31-32-21)17-9-7-11-20(29-17)25(4,5)19-10-6-8-16(28-19)15-12-13-22(26)30-23(15)27;/h6-11,13-14H,1-5H3;/q-2;+2. The van der Waals surface area contributed by atoms with Crippen molar-refractivity contribution in [2.75, 3.05) is 0 Å². The molecule has 0 aromatic carbocycles. The first-order valence-corrected chi connectivity index (χ1v) is 10.3. The summed E-state index contributed by atoms with van der Waals surface area (Å²) >= 11 is 0. The predicted molar refractivity (Wildman–Crippen MR) is 118 cm³/mol. The Hall–Kier alpha value is -2.79. The van der Waals surface area contributed by atoms with Gasteiger partial charge in [-0.15, -0.1) is 6.07 Å². The number of rotatable bonds is 4. The molecule has 0 aliphatic rings. The Morgan fingerprint density at radius 3 is 2.00 bits per heavy atom. The first-order chi connectivity index (χ1) is 15.1. The molecular formula is C25H23F2N5Pt. The molecular weight excluding hydrogens is 603 g/mol. The molecule has 0 bridgehead atoms. The minimum atomic E-state index is -0.947. The number of pyridine rings is 3. The van der Waals surface area contributed by atoms with Gasteiger partial charge in [0.1, 0.15) is 11.9 Å². The van der Waals surface area contributed by atoms with Crippen LogP contribution in [0.15, 0.2) is 48.5 Å². The second kappa shape index (κ2) is 9.22. The fourth-order valence-corrected chi connectivity index (χ4v) is 3.32. The molecule has 0 fully saturated rings. The Morgan fingerprint density at radius 1 is 0.818 bits per heavy atom. The van der Waals surface area contributed by atoms with Crippen molar-refractivity contribution in [3.8, 4) is 22.6 Å². The second-order valence-corrected chi connectivity index (χ2v) is 9.19. The Morgan fingerprint density at radius 2 is 1.42 bits per heavy atom. The third kappa shape index (κ3) is 5.09. The van der Waals surface area contributed by atoms with Gasteiger partial charge in [-0.05, 0) is 37.7 Å². The summed E-state index contributed by atoms with van der Waals surface area (Å²) in [6.45, 7) is 10.2. The summed E-state index contributed by atoms with van der Waals surface area (Å²) in [4.78, 5) is 12.7. The van der Waals surface area contributed by atoms with Crippen molar-refractivity contribution in [1.29, 1.82) is 0 Å². The minimum Gasteiger partial charge on any atom is -0.573 e. The molecule has 0 spiro atoms. The van der Waals surface area contributed by atoms with Crippen LogP contribution in [-0.2, 0) is 31.9 Å². The van der Waals surface area contributed by atoms with Gasteiger partial charge in [0.15, 0.2) is 0 Å². The van der Waals surface area contributed by atoms with E-state index in [2.05, 4.69) is 47.0 Å². The molecule has 4 aromatic heterocycles. The van der Waals surface area contributed by atoms with E-state index in [9.17, 15) is 8.78 Å². The van der Waals surface area contributed by atoms with E-state index in [1.54, 1.807) is 12.1 Å². The summed E-state index contributed by atoms with van der Waals surface area (Å²) in [7, 11) is 0. The second-order valence-electron chi connectivity index (χ2n) is 9.19. The number of hydrogen-bond acceptors (Lipinski definition) is 4. The van der Waals surface area contributed by atoms with Gasteiger partial charge in [-0.3, -0.25) is 9.97 Å². The number of nitrogens with zero attached hydrogens (tertiary/aromatic N) is 5. The van der Waals surface area contributed by atoms with E-state index < -0.39 is 17.3 Å². The topological polar surface area (TPSA) is 65.7 Å². The molecule has 0 atom stereocenters. The zero-order valence-electron chi connectivity index (χ0n) is 18.9. The first kappa shape index (κ1) is 24.8. The van der Waals surface area contributed by atoms with Crippen LogP contribution >= 0.6 is 0 Å². The van der Waals surface area contributed by atoms with E-state index in [0.717, 1.165) is 23.1 Å². The number of aromatic nitrogens is 5. The molecule has 4 rings (SSSR count). The van der Waals surface area contributed by atoms with Crippen LogP contribution in [0.5, 0.6) is 0 Å². The molecule has 4 aromatic rings. The van der Waals surface area contributed by atoms with Crippen molar-refractivity contribution in [1.82, 2.24) is 25.1 Å². The van der Waals surface area contributed by atoms with Crippen molar-refractivity contribution in [3.63, 3.8) is 0 Å². The van der Waals surface area contributed by atoms with Crippen LogP contribution < -0.4 is 5.10 Å². The monoisotopic (exact) mass is 626 g/mol. The smallest absolute Gasteiger partial charge is 0.573 e. The molecule has 0 aliphatic carbocycles. The fourth-order valence-electron chi connectivity index (χ4n) is 3.32. The number of halogens is 2. The van der Waals surface area contributed by atoms with Gasteiger partial charge in [-0.2, -0.15) is 0 Å². The molecule has 0 aliphatic heterocycles. The quantitative estimate of drug-likeness (QED) is 0.229. The third-order valence-electron chi connectivity index (χ3n) is 5.35. The Labute approximate surface area is 206 Å². The molecule has 33 heavy (non-hydrogen) atoms. The zero-order chi connectivity index (χ0) is 23.1. The zero-order valence-corrected chi connectivity index (χ0v) is 21.2. The molecule has 0 unspecified atom stereocenters. The Kier molecular flexibility index (Phi) is 6.94. The van der Waals surface area contributed by atoms with Gasteiger partial charge in [-0.1, -0.05) is 62.4 Å². The van der Waals surface area contributed by atoms with Crippen LogP contribution in [0.25, 0.3) is 22.6 Å². The van der Waals surface area contributed by atoms with E-state index in [4.69, 9.17) is 4.98 Å². The molecule has 0 amide bonds. The molecule has 0 radical (unpaired) electrons. The predicted octanol–water partition coefficient (Wildman–Crippen LogP) is 5.26. The average molecular weight is 627 g/mol. The SMILES string of the molecule is CC(C)(C)c1cc(-c2cccc(C(C)(C)c3cccc(-c4[c-]cc(F)nc4F)n3)n2)[n-]n1.[Pt+2]. The van der Waals surface area contributed by atoms with Crippen molar-refractivity contribution in [3.05, 3.63) is 83.6 Å². The maximum Gasteiger partial charge on any atom is 2.00 e. The summed E-state index contributed by atoms with van der Waals surface area (Å²) in [5.74, 6) is -1.87. The van der Waals surface area contributed by atoms with Crippen molar-refractivity contribution < 1.29 is 29.8 Å². The van der Waals surface area contributed by atoms with Gasteiger partial charge in [0.05, 0.1) is 5.69 Å². The van der Waals surface area contributed by atoms with Gasteiger partial charge in [0.25, 0.3) is 0 Å². The molecule has 172 valence electrons. The molecule has 0 N–H and O–H groups in total. The van der Waals surface area contributed by atoms with Gasteiger partial charge in [0.2, 0.25) is 0 Å². The summed E-state index contributed by atoms with van der Waals surface area (Å²) in [5, 5.41) is 8.61. The van der Waals surface area contributed by atoms with Crippen molar-refractivity contribution in [2.45, 2.75) is 45.4 Å². The summed E-state index contributed by atoms with van der Waals surface area (Å²) in [6.07, 6.45) is 0. The molecule has 0 saturated carbocycles. The third-order valence-corrected chi connectivity index (χ3v) is 5.35. The fraction of sp³-hybridized carbons (Fsp3) is 0.280. The van der Waals surface area contributed by atoms with E-state index in [0.29, 0.717) is 17.1 Å². The Bertz CT molecular complexity index is 1280. The molecule has 4 heterocycles. The van der Waals surface area contributed by atoms with Gasteiger partial charge < -0.3 is 15.2 Å². The van der Waals surface area contributed by atoms with E-state index in [-0.39, 0.29) is 32.0 Å². The largest absolute Gasteiger partial charge is 2.00 e. The van der Waals surface area contributed by atoms with E-state index in [1.165, 1.54) is 0 Å². The first-order valence-electron chi connectivity index (χ1n) is 10.3.